The van der Waals surface area contributed by atoms with Crippen LogP contribution in [0.3, 0.4) is 0 Å². The van der Waals surface area contributed by atoms with Crippen molar-refractivity contribution in [2.45, 2.75) is 31.3 Å². The first-order chi connectivity index (χ1) is 11.8. The largest absolute Gasteiger partial charge is 0.489 e. The van der Waals surface area contributed by atoms with Crippen LogP contribution in [0.2, 0.25) is 5.02 Å². The van der Waals surface area contributed by atoms with Crippen molar-refractivity contribution < 1.29 is 17.6 Å². The Bertz CT molecular complexity index is 954. The van der Waals surface area contributed by atoms with Crippen molar-refractivity contribution in [1.82, 2.24) is 4.31 Å². The maximum atomic E-state index is 12.8. The monoisotopic (exact) mass is 383 g/mol. The third-order valence-electron chi connectivity index (χ3n) is 4.06. The van der Waals surface area contributed by atoms with Crippen LogP contribution in [0.4, 0.5) is 0 Å². The summed E-state index contributed by atoms with van der Waals surface area (Å²) >= 11 is 6.05. The van der Waals surface area contributed by atoms with Crippen LogP contribution < -0.4 is 10.4 Å². The van der Waals surface area contributed by atoms with Crippen molar-refractivity contribution in [3.63, 3.8) is 0 Å². The van der Waals surface area contributed by atoms with Crippen LogP contribution in [-0.4, -0.2) is 31.9 Å². The number of aryl methyl sites for hydroxylation is 2. The zero-order valence-electron chi connectivity index (χ0n) is 13.9. The summed E-state index contributed by atoms with van der Waals surface area (Å²) in [5.41, 5.74) is 0.327. The molecule has 1 aromatic carbocycles. The van der Waals surface area contributed by atoms with Gasteiger partial charge in [0.15, 0.2) is 0 Å². The molecule has 1 aromatic heterocycles. The van der Waals surface area contributed by atoms with E-state index in [0.29, 0.717) is 29.5 Å². The van der Waals surface area contributed by atoms with E-state index in [1.54, 1.807) is 25.1 Å². The van der Waals surface area contributed by atoms with Crippen LogP contribution in [0.1, 0.15) is 17.7 Å². The van der Waals surface area contributed by atoms with Gasteiger partial charge >= 0.3 is 5.63 Å². The molecule has 0 N–H and O–H groups in total. The highest BCUT2D eigenvalue weighted by molar-refractivity contribution is 7.89. The van der Waals surface area contributed by atoms with Crippen LogP contribution in [0.25, 0.3) is 0 Å². The summed E-state index contributed by atoms with van der Waals surface area (Å²) in [4.78, 5) is 11.6. The van der Waals surface area contributed by atoms with Crippen molar-refractivity contribution in [3.05, 3.63) is 57.1 Å². The van der Waals surface area contributed by atoms with Crippen LogP contribution in [0.15, 0.2) is 44.4 Å². The number of benzene rings is 1. The average Bonchev–Trinajstić information content (AvgIpc) is 2.98. The first-order valence-electron chi connectivity index (χ1n) is 7.80. The molecular formula is C17H18ClNO5S. The van der Waals surface area contributed by atoms with E-state index in [0.717, 1.165) is 5.56 Å². The molecule has 0 unspecified atom stereocenters. The zero-order valence-corrected chi connectivity index (χ0v) is 15.4. The van der Waals surface area contributed by atoms with Gasteiger partial charge in [-0.3, -0.25) is 0 Å². The zero-order chi connectivity index (χ0) is 18.2. The summed E-state index contributed by atoms with van der Waals surface area (Å²) < 4.78 is 37.5. The highest BCUT2D eigenvalue weighted by Crippen LogP contribution is 2.26. The normalized spacial score (nSPS) is 18.4. The van der Waals surface area contributed by atoms with Gasteiger partial charge in [-0.2, -0.15) is 4.31 Å². The fourth-order valence-corrected chi connectivity index (χ4v) is 4.49. The van der Waals surface area contributed by atoms with Gasteiger partial charge in [-0.15, -0.1) is 0 Å². The Balaban J connectivity index is 1.75. The first-order valence-corrected chi connectivity index (χ1v) is 9.62. The number of sulfonamides is 1. The summed E-state index contributed by atoms with van der Waals surface area (Å²) in [6, 6.07) is 7.57. The van der Waals surface area contributed by atoms with Crippen molar-refractivity contribution >= 4 is 21.6 Å². The van der Waals surface area contributed by atoms with Crippen LogP contribution in [0, 0.1) is 13.8 Å². The molecule has 6 nitrogen and oxygen atoms in total. The van der Waals surface area contributed by atoms with Gasteiger partial charge in [-0.05, 0) is 38.0 Å². The predicted molar refractivity (Wildman–Crippen MR) is 93.7 cm³/mol. The average molecular weight is 384 g/mol. The van der Waals surface area contributed by atoms with Crippen molar-refractivity contribution in [1.29, 1.82) is 0 Å². The molecule has 1 saturated heterocycles. The third-order valence-corrected chi connectivity index (χ3v) is 6.33. The van der Waals surface area contributed by atoms with Gasteiger partial charge in [0.1, 0.15) is 17.6 Å². The number of nitrogens with zero attached hydrogens (tertiary/aromatic N) is 1. The fraction of sp³-hybridized carbons (Fsp3) is 0.353. The highest BCUT2D eigenvalue weighted by Gasteiger charge is 2.34. The van der Waals surface area contributed by atoms with Crippen LogP contribution in [-0.2, 0) is 10.0 Å². The minimum absolute atomic E-state index is 0.167. The second-order valence-electron chi connectivity index (χ2n) is 6.03. The lowest BCUT2D eigenvalue weighted by Gasteiger charge is -2.17. The molecule has 0 amide bonds. The summed E-state index contributed by atoms with van der Waals surface area (Å²) in [5, 5.41) is 0.416. The predicted octanol–water partition coefficient (Wildman–Crippen LogP) is 2.75. The topological polar surface area (TPSA) is 76.8 Å². The molecule has 0 radical (unpaired) electrons. The van der Waals surface area contributed by atoms with Gasteiger partial charge in [0.05, 0.1) is 17.5 Å². The third kappa shape index (κ3) is 3.89. The van der Waals surface area contributed by atoms with Crippen molar-refractivity contribution in [2.24, 2.45) is 0 Å². The molecule has 1 atom stereocenters. The molecule has 0 aliphatic carbocycles. The van der Waals surface area contributed by atoms with E-state index < -0.39 is 15.6 Å². The molecule has 2 heterocycles. The molecule has 0 spiro atoms. The Kier molecular flexibility index (Phi) is 4.90. The van der Waals surface area contributed by atoms with E-state index in [2.05, 4.69) is 0 Å². The van der Waals surface area contributed by atoms with Gasteiger partial charge in [0.25, 0.3) is 0 Å². The summed E-state index contributed by atoms with van der Waals surface area (Å²) in [7, 11) is -3.63. The highest BCUT2D eigenvalue weighted by atomic mass is 35.5. The maximum absolute atomic E-state index is 12.8. The van der Waals surface area contributed by atoms with Crippen molar-refractivity contribution in [2.75, 3.05) is 13.1 Å². The standard InChI is InChI=1S/C17H18ClNO5S/c1-11-3-4-15(9-16(11)18)25(21,22)19-6-5-13(10-19)24-14-7-12(2)23-17(20)8-14/h3-4,7-9,13H,5-6,10H2,1-2H3/t13-/m1/s1. The van der Waals surface area contributed by atoms with E-state index in [9.17, 15) is 13.2 Å². The van der Waals surface area contributed by atoms with Gasteiger partial charge < -0.3 is 9.15 Å². The number of ether oxygens (including phenoxy) is 1. The summed E-state index contributed by atoms with van der Waals surface area (Å²) in [6.07, 6.45) is 0.217. The number of rotatable bonds is 4. The number of hydrogen-bond donors (Lipinski definition) is 0. The smallest absolute Gasteiger partial charge is 0.339 e. The van der Waals surface area contributed by atoms with Crippen molar-refractivity contribution in [3.8, 4) is 5.75 Å². The quantitative estimate of drug-likeness (QED) is 0.811. The van der Waals surface area contributed by atoms with Gasteiger partial charge in [-0.1, -0.05) is 17.7 Å². The van der Waals surface area contributed by atoms with Crippen LogP contribution >= 0.6 is 11.6 Å². The molecule has 1 fully saturated rings. The molecule has 3 rings (SSSR count). The number of halogens is 1. The van der Waals surface area contributed by atoms with E-state index in [4.69, 9.17) is 20.8 Å². The Labute approximate surface area is 151 Å². The van der Waals surface area contributed by atoms with E-state index in [-0.39, 0.29) is 17.5 Å². The second-order valence-corrected chi connectivity index (χ2v) is 8.37. The maximum Gasteiger partial charge on any atom is 0.339 e. The van der Waals surface area contributed by atoms with Gasteiger partial charge in [0.2, 0.25) is 10.0 Å². The first kappa shape index (κ1) is 18.0. The fourth-order valence-electron chi connectivity index (χ4n) is 2.73. The van der Waals surface area contributed by atoms with Gasteiger partial charge in [0, 0.05) is 17.6 Å². The van der Waals surface area contributed by atoms with E-state index in [1.807, 2.05) is 6.92 Å². The summed E-state index contributed by atoms with van der Waals surface area (Å²) in [5.74, 6) is 0.829. The Morgan fingerprint density at radius 3 is 2.68 bits per heavy atom. The Morgan fingerprint density at radius 2 is 2.00 bits per heavy atom. The SMILES string of the molecule is Cc1cc(O[C@@H]2CCN(S(=O)(=O)c3ccc(C)c(Cl)c3)C2)cc(=O)o1. The van der Waals surface area contributed by atoms with Crippen LogP contribution in [0.5, 0.6) is 5.75 Å². The molecule has 0 bridgehead atoms. The Hall–Kier alpha value is -1.83. The second kappa shape index (κ2) is 6.82. The molecular weight excluding hydrogens is 366 g/mol. The lowest BCUT2D eigenvalue weighted by Crippen LogP contribution is -2.31. The molecule has 0 saturated carbocycles. The molecule has 2 aromatic rings. The van der Waals surface area contributed by atoms with E-state index >= 15 is 0 Å². The molecule has 8 heteroatoms. The lowest BCUT2D eigenvalue weighted by atomic mass is 10.2. The lowest BCUT2D eigenvalue weighted by molar-refractivity contribution is 0.213. The molecule has 25 heavy (non-hydrogen) atoms. The van der Waals surface area contributed by atoms with E-state index in [1.165, 1.54) is 16.4 Å². The number of hydrogen-bond acceptors (Lipinski definition) is 5. The Morgan fingerprint density at radius 1 is 1.24 bits per heavy atom. The minimum atomic E-state index is -3.63. The minimum Gasteiger partial charge on any atom is -0.489 e. The summed E-state index contributed by atoms with van der Waals surface area (Å²) in [6.45, 7) is 4.03. The van der Waals surface area contributed by atoms with Gasteiger partial charge in [-0.25, -0.2) is 13.2 Å². The molecule has 134 valence electrons. The molecule has 1 aliphatic rings. The molecule has 1 aliphatic heterocycles.